The van der Waals surface area contributed by atoms with E-state index in [1.165, 1.54) is 6.07 Å². The minimum absolute atomic E-state index is 0.0573. The lowest BCUT2D eigenvalue weighted by Gasteiger charge is -2.36. The second kappa shape index (κ2) is 6.17. The summed E-state index contributed by atoms with van der Waals surface area (Å²) in [6.45, 7) is 3.05. The Balaban J connectivity index is 2.20. The lowest BCUT2D eigenvalue weighted by atomic mass is 9.95. The van der Waals surface area contributed by atoms with Crippen molar-refractivity contribution >= 4 is 11.6 Å². The Labute approximate surface area is 121 Å². The summed E-state index contributed by atoms with van der Waals surface area (Å²) in [7, 11) is 1.60. The Morgan fingerprint density at radius 2 is 2.24 bits per heavy atom. The van der Waals surface area contributed by atoms with Gasteiger partial charge in [0.05, 0.1) is 11.0 Å². The molecule has 1 amide bonds. The molecule has 1 aliphatic rings. The predicted octanol–water partition coefficient (Wildman–Crippen LogP) is 2.23. The van der Waals surface area contributed by atoms with E-state index in [-0.39, 0.29) is 17.6 Å². The Morgan fingerprint density at radius 1 is 1.52 bits per heavy atom. The van der Waals surface area contributed by atoms with Gasteiger partial charge in [-0.2, -0.15) is 4.39 Å². The number of nitro groups is 1. The highest BCUT2D eigenvalue weighted by Gasteiger charge is 2.30. The summed E-state index contributed by atoms with van der Waals surface area (Å²) in [5.74, 6) is -0.938. The maximum atomic E-state index is 13.3. The van der Waals surface area contributed by atoms with Crippen LogP contribution in [0.5, 0.6) is 0 Å². The first-order valence-corrected chi connectivity index (χ1v) is 6.70. The average Bonchev–Trinajstić information content (AvgIpc) is 2.47. The minimum Gasteiger partial charge on any atom is -0.379 e. The molecule has 0 aromatic heterocycles. The van der Waals surface area contributed by atoms with E-state index < -0.39 is 16.4 Å². The minimum atomic E-state index is -0.946. The van der Waals surface area contributed by atoms with Gasteiger partial charge in [-0.3, -0.25) is 14.9 Å². The van der Waals surface area contributed by atoms with Crippen LogP contribution in [0, 0.1) is 21.8 Å². The van der Waals surface area contributed by atoms with Gasteiger partial charge in [0.1, 0.15) is 0 Å². The van der Waals surface area contributed by atoms with Crippen LogP contribution in [-0.4, -0.2) is 42.0 Å². The monoisotopic (exact) mass is 296 g/mol. The third-order valence-electron chi connectivity index (χ3n) is 3.87. The lowest BCUT2D eigenvalue weighted by Crippen LogP contribution is -2.46. The summed E-state index contributed by atoms with van der Waals surface area (Å²) in [4.78, 5) is 23.9. The van der Waals surface area contributed by atoms with E-state index >= 15 is 0 Å². The molecule has 0 spiro atoms. The van der Waals surface area contributed by atoms with E-state index in [4.69, 9.17) is 4.74 Å². The van der Waals surface area contributed by atoms with Crippen LogP contribution < -0.4 is 0 Å². The van der Waals surface area contributed by atoms with Gasteiger partial charge in [-0.25, -0.2) is 0 Å². The predicted molar refractivity (Wildman–Crippen MR) is 73.5 cm³/mol. The molecule has 0 N–H and O–H groups in total. The molecule has 1 aromatic rings. The van der Waals surface area contributed by atoms with Gasteiger partial charge < -0.3 is 9.64 Å². The second-order valence-corrected chi connectivity index (χ2v) is 5.21. The zero-order valence-electron chi connectivity index (χ0n) is 11.9. The molecular formula is C14H17FN2O4. The average molecular weight is 296 g/mol. The standard InChI is InChI=1S/C14H17FN2O4/c1-9-5-6-16(8-13(9)21-2)14(18)10-3-4-11(15)12(7-10)17(19)20/h3-4,7,9,13H,5-6,8H2,1-2H3. The first-order valence-electron chi connectivity index (χ1n) is 6.70. The number of carbonyl (C=O) groups excluding carboxylic acids is 1. The van der Waals surface area contributed by atoms with Crippen molar-refractivity contribution in [2.75, 3.05) is 20.2 Å². The lowest BCUT2D eigenvalue weighted by molar-refractivity contribution is -0.387. The summed E-state index contributed by atoms with van der Waals surface area (Å²) >= 11 is 0. The molecule has 0 bridgehead atoms. The van der Waals surface area contributed by atoms with Gasteiger partial charge in [0.15, 0.2) is 0 Å². The topological polar surface area (TPSA) is 72.7 Å². The number of amides is 1. The molecule has 1 saturated heterocycles. The first-order chi connectivity index (χ1) is 9.93. The van der Waals surface area contributed by atoms with E-state index in [0.29, 0.717) is 19.0 Å². The van der Waals surface area contributed by atoms with Crippen molar-refractivity contribution in [1.29, 1.82) is 0 Å². The molecule has 2 unspecified atom stereocenters. The van der Waals surface area contributed by atoms with E-state index in [2.05, 4.69) is 6.92 Å². The van der Waals surface area contributed by atoms with Crippen molar-refractivity contribution in [3.63, 3.8) is 0 Å². The fourth-order valence-electron chi connectivity index (χ4n) is 2.49. The van der Waals surface area contributed by atoms with Gasteiger partial charge in [-0.15, -0.1) is 0 Å². The molecular weight excluding hydrogens is 279 g/mol. The molecule has 0 saturated carbocycles. The Kier molecular flexibility index (Phi) is 4.52. The molecule has 1 aromatic carbocycles. The van der Waals surface area contributed by atoms with Crippen molar-refractivity contribution in [2.45, 2.75) is 19.4 Å². The fourth-order valence-corrected chi connectivity index (χ4v) is 2.49. The van der Waals surface area contributed by atoms with Crippen LogP contribution in [0.4, 0.5) is 10.1 Å². The number of hydrogen-bond acceptors (Lipinski definition) is 4. The van der Waals surface area contributed by atoms with E-state index in [1.54, 1.807) is 12.0 Å². The molecule has 7 heteroatoms. The number of halogens is 1. The highest BCUT2D eigenvalue weighted by molar-refractivity contribution is 5.95. The number of likely N-dealkylation sites (tertiary alicyclic amines) is 1. The van der Waals surface area contributed by atoms with E-state index in [1.807, 2.05) is 0 Å². The normalized spacial score (nSPS) is 22.1. The zero-order chi connectivity index (χ0) is 15.6. The summed E-state index contributed by atoms with van der Waals surface area (Å²) in [6.07, 6.45) is 0.742. The number of carbonyl (C=O) groups is 1. The highest BCUT2D eigenvalue weighted by Crippen LogP contribution is 2.23. The molecule has 2 rings (SSSR count). The Bertz CT molecular complexity index is 564. The zero-order valence-corrected chi connectivity index (χ0v) is 11.9. The van der Waals surface area contributed by atoms with Crippen LogP contribution in [0.15, 0.2) is 18.2 Å². The molecule has 1 aliphatic heterocycles. The number of nitrogens with zero attached hydrogens (tertiary/aromatic N) is 2. The first kappa shape index (κ1) is 15.4. The van der Waals surface area contributed by atoms with Gasteiger partial charge in [-0.1, -0.05) is 6.92 Å². The SMILES string of the molecule is COC1CN(C(=O)c2ccc(F)c([N+](=O)[O-])c2)CCC1C. The maximum absolute atomic E-state index is 13.3. The smallest absolute Gasteiger partial charge is 0.305 e. The molecule has 0 radical (unpaired) electrons. The Morgan fingerprint density at radius 3 is 2.86 bits per heavy atom. The third kappa shape index (κ3) is 3.18. The van der Waals surface area contributed by atoms with Crippen LogP contribution >= 0.6 is 0 Å². The van der Waals surface area contributed by atoms with Crippen LogP contribution in [0.3, 0.4) is 0 Å². The van der Waals surface area contributed by atoms with Crippen molar-refractivity contribution in [1.82, 2.24) is 4.90 Å². The number of nitro benzene ring substituents is 1. The van der Waals surface area contributed by atoms with Crippen LogP contribution in [0.2, 0.25) is 0 Å². The van der Waals surface area contributed by atoms with Crippen molar-refractivity contribution < 1.29 is 18.8 Å². The number of ether oxygens (including phenoxy) is 1. The van der Waals surface area contributed by atoms with E-state index in [0.717, 1.165) is 18.6 Å². The van der Waals surface area contributed by atoms with Crippen LogP contribution in [0.1, 0.15) is 23.7 Å². The number of methoxy groups -OCH3 is 1. The van der Waals surface area contributed by atoms with Crippen molar-refractivity contribution in [3.05, 3.63) is 39.7 Å². The van der Waals surface area contributed by atoms with Gasteiger partial charge in [0, 0.05) is 31.8 Å². The molecule has 21 heavy (non-hydrogen) atoms. The molecule has 6 nitrogen and oxygen atoms in total. The van der Waals surface area contributed by atoms with E-state index in [9.17, 15) is 19.3 Å². The number of hydrogen-bond donors (Lipinski definition) is 0. The van der Waals surface area contributed by atoms with Gasteiger partial charge >= 0.3 is 5.69 Å². The summed E-state index contributed by atoms with van der Waals surface area (Å²) in [5, 5.41) is 10.7. The number of piperidine rings is 1. The highest BCUT2D eigenvalue weighted by atomic mass is 19.1. The van der Waals surface area contributed by atoms with Gasteiger partial charge in [-0.05, 0) is 24.5 Å². The molecule has 114 valence electrons. The molecule has 0 aliphatic carbocycles. The van der Waals surface area contributed by atoms with Crippen molar-refractivity contribution in [3.8, 4) is 0 Å². The third-order valence-corrected chi connectivity index (χ3v) is 3.87. The largest absolute Gasteiger partial charge is 0.379 e. The molecule has 1 heterocycles. The Hall–Kier alpha value is -2.02. The summed E-state index contributed by atoms with van der Waals surface area (Å²) < 4.78 is 18.6. The number of rotatable bonds is 3. The molecule has 2 atom stereocenters. The summed E-state index contributed by atoms with van der Waals surface area (Å²) in [5.41, 5.74) is -0.568. The second-order valence-electron chi connectivity index (χ2n) is 5.21. The van der Waals surface area contributed by atoms with Crippen molar-refractivity contribution in [2.24, 2.45) is 5.92 Å². The van der Waals surface area contributed by atoms with Crippen LogP contribution in [0.25, 0.3) is 0 Å². The van der Waals surface area contributed by atoms with Gasteiger partial charge in [0.25, 0.3) is 5.91 Å². The number of benzene rings is 1. The molecule has 1 fully saturated rings. The summed E-state index contributed by atoms with van der Waals surface area (Å²) in [6, 6.07) is 3.20. The van der Waals surface area contributed by atoms with Gasteiger partial charge in [0.2, 0.25) is 5.82 Å². The van der Waals surface area contributed by atoms with Crippen LogP contribution in [-0.2, 0) is 4.74 Å². The quantitative estimate of drug-likeness (QED) is 0.633. The maximum Gasteiger partial charge on any atom is 0.305 e. The fraction of sp³-hybridized carbons (Fsp3) is 0.500.